The summed E-state index contributed by atoms with van der Waals surface area (Å²) in [5.74, 6) is 3.95. The maximum atomic E-state index is 11.2. The first kappa shape index (κ1) is 10.8. The Morgan fingerprint density at radius 2 is 1.88 bits per heavy atom. The number of carboxylic acid groups (broad SMARTS) is 1. The van der Waals surface area contributed by atoms with Gasteiger partial charge in [-0.25, -0.2) is 4.79 Å². The molecule has 0 heterocycles. The summed E-state index contributed by atoms with van der Waals surface area (Å²) >= 11 is 0. The molecule has 0 spiro atoms. The fourth-order valence-electron chi connectivity index (χ4n) is 1.77. The molecule has 0 aliphatic heterocycles. The number of hydrogen-bond donors (Lipinski definition) is 1. The lowest BCUT2D eigenvalue weighted by Gasteiger charge is -2.06. The second kappa shape index (κ2) is 4.04. The highest BCUT2D eigenvalue weighted by Gasteiger charge is 2.11. The smallest absolute Gasteiger partial charge is 0.336 e. The normalized spacial score (nSPS) is 9.53. The molecule has 0 aromatic heterocycles. The van der Waals surface area contributed by atoms with Crippen LogP contribution in [0.1, 0.15) is 21.5 Å². The lowest BCUT2D eigenvalue weighted by atomic mass is 9.97. The van der Waals surface area contributed by atoms with Gasteiger partial charge in [-0.3, -0.25) is 0 Å². The van der Waals surface area contributed by atoms with E-state index in [1.165, 1.54) is 6.07 Å². The van der Waals surface area contributed by atoms with E-state index in [9.17, 15) is 4.79 Å². The first-order valence-corrected chi connectivity index (χ1v) is 4.90. The molecule has 0 amide bonds. The van der Waals surface area contributed by atoms with E-state index in [4.69, 9.17) is 18.0 Å². The van der Waals surface area contributed by atoms with Gasteiger partial charge in [-0.1, -0.05) is 24.0 Å². The first-order chi connectivity index (χ1) is 8.17. The van der Waals surface area contributed by atoms with E-state index in [2.05, 4.69) is 11.8 Å². The van der Waals surface area contributed by atoms with E-state index < -0.39 is 5.97 Å². The van der Waals surface area contributed by atoms with E-state index in [0.717, 1.165) is 0 Å². The molecule has 0 aliphatic carbocycles. The summed E-state index contributed by atoms with van der Waals surface area (Å²) in [6.45, 7) is 0. The van der Waals surface area contributed by atoms with E-state index in [-0.39, 0.29) is 5.56 Å². The van der Waals surface area contributed by atoms with E-state index in [1.54, 1.807) is 24.3 Å². The maximum Gasteiger partial charge on any atom is 0.336 e. The summed E-state index contributed by atoms with van der Waals surface area (Å²) in [4.78, 5) is 11.2. The number of carbonyl (C=O) groups is 1. The van der Waals surface area contributed by atoms with Crippen LogP contribution in [0.2, 0.25) is 0 Å². The summed E-state index contributed by atoms with van der Waals surface area (Å²) in [5, 5.41) is 10.4. The van der Waals surface area contributed by atoms with Gasteiger partial charge in [0, 0.05) is 11.1 Å². The quantitative estimate of drug-likeness (QED) is 0.750. The van der Waals surface area contributed by atoms with Crippen molar-refractivity contribution in [2.75, 3.05) is 0 Å². The van der Waals surface area contributed by atoms with Crippen LogP contribution in [0, 0.1) is 24.7 Å². The maximum absolute atomic E-state index is 11.2. The zero-order chi connectivity index (χ0) is 12.4. The van der Waals surface area contributed by atoms with Gasteiger partial charge in [0.1, 0.15) is 0 Å². The highest BCUT2D eigenvalue weighted by atomic mass is 16.4. The number of fused-ring (bicyclic) bond motifs is 1. The Labute approximate surface area is 98.9 Å². The SMILES string of the molecule is C#Cc1cc(C(=O)O)c2cccc(C#C)c2c1. The molecule has 1 N–H and O–H groups in total. The minimum Gasteiger partial charge on any atom is -0.478 e. The Balaban J connectivity index is 2.97. The van der Waals surface area contributed by atoms with Crippen molar-refractivity contribution in [2.45, 2.75) is 0 Å². The monoisotopic (exact) mass is 220 g/mol. The van der Waals surface area contributed by atoms with Gasteiger partial charge in [-0.2, -0.15) is 0 Å². The second-order valence-corrected chi connectivity index (χ2v) is 3.52. The summed E-state index contributed by atoms with van der Waals surface area (Å²) < 4.78 is 0. The van der Waals surface area contributed by atoms with Crippen molar-refractivity contribution in [2.24, 2.45) is 0 Å². The molecule has 0 saturated heterocycles. The van der Waals surface area contributed by atoms with E-state index >= 15 is 0 Å². The average molecular weight is 220 g/mol. The van der Waals surface area contributed by atoms with Crippen LogP contribution < -0.4 is 0 Å². The van der Waals surface area contributed by atoms with Crippen molar-refractivity contribution in [1.29, 1.82) is 0 Å². The molecule has 2 aromatic carbocycles. The van der Waals surface area contributed by atoms with Crippen LogP contribution in [-0.2, 0) is 0 Å². The molecule has 0 unspecified atom stereocenters. The summed E-state index contributed by atoms with van der Waals surface area (Å²) in [6.07, 6.45) is 10.7. The molecule has 0 radical (unpaired) electrons. The minimum absolute atomic E-state index is 0.174. The van der Waals surface area contributed by atoms with Gasteiger partial charge in [0.05, 0.1) is 5.56 Å². The van der Waals surface area contributed by atoms with Crippen LogP contribution in [-0.4, -0.2) is 11.1 Å². The molecule has 2 aromatic rings. The lowest BCUT2D eigenvalue weighted by Crippen LogP contribution is -1.99. The van der Waals surface area contributed by atoms with Crippen molar-refractivity contribution >= 4 is 16.7 Å². The van der Waals surface area contributed by atoms with Crippen LogP contribution in [0.25, 0.3) is 10.8 Å². The van der Waals surface area contributed by atoms with Crippen molar-refractivity contribution in [3.8, 4) is 24.7 Å². The zero-order valence-corrected chi connectivity index (χ0v) is 8.90. The second-order valence-electron chi connectivity index (χ2n) is 3.52. The summed E-state index contributed by atoms with van der Waals surface area (Å²) in [6, 6.07) is 8.43. The first-order valence-electron chi connectivity index (χ1n) is 4.90. The fraction of sp³-hybridized carbons (Fsp3) is 0. The molecule has 0 saturated carbocycles. The summed E-state index contributed by atoms with van der Waals surface area (Å²) in [5.41, 5.74) is 1.33. The van der Waals surface area contributed by atoms with Crippen molar-refractivity contribution in [3.05, 3.63) is 47.0 Å². The lowest BCUT2D eigenvalue weighted by molar-refractivity contribution is 0.0699. The van der Waals surface area contributed by atoms with Crippen molar-refractivity contribution in [3.63, 3.8) is 0 Å². The predicted octanol–water partition coefficient (Wildman–Crippen LogP) is 2.50. The van der Waals surface area contributed by atoms with Gasteiger partial charge in [-0.15, -0.1) is 12.8 Å². The van der Waals surface area contributed by atoms with Gasteiger partial charge in [0.25, 0.3) is 0 Å². The fourth-order valence-corrected chi connectivity index (χ4v) is 1.77. The molecule has 0 aliphatic rings. The van der Waals surface area contributed by atoms with Crippen LogP contribution in [0.3, 0.4) is 0 Å². The van der Waals surface area contributed by atoms with Gasteiger partial charge < -0.3 is 5.11 Å². The number of benzene rings is 2. The molecule has 0 atom stereocenters. The highest BCUT2D eigenvalue weighted by Crippen LogP contribution is 2.24. The third-order valence-corrected chi connectivity index (χ3v) is 2.55. The number of rotatable bonds is 1. The minimum atomic E-state index is -1.01. The predicted molar refractivity (Wildman–Crippen MR) is 66.8 cm³/mol. The Bertz CT molecular complexity index is 697. The Kier molecular flexibility index (Phi) is 2.57. The molecular weight excluding hydrogens is 212 g/mol. The van der Waals surface area contributed by atoms with Crippen LogP contribution in [0.15, 0.2) is 30.3 Å². The van der Waals surface area contributed by atoms with Crippen LogP contribution in [0.5, 0.6) is 0 Å². The third kappa shape index (κ3) is 1.73. The van der Waals surface area contributed by atoms with Crippen molar-refractivity contribution < 1.29 is 9.90 Å². The highest BCUT2D eigenvalue weighted by molar-refractivity contribution is 6.05. The van der Waals surface area contributed by atoms with Gasteiger partial charge in [0.2, 0.25) is 0 Å². The van der Waals surface area contributed by atoms with Gasteiger partial charge >= 0.3 is 5.97 Å². The number of carboxylic acids is 1. The molecule has 17 heavy (non-hydrogen) atoms. The molecule has 0 fully saturated rings. The summed E-state index contributed by atoms with van der Waals surface area (Å²) in [7, 11) is 0. The molecule has 2 nitrogen and oxygen atoms in total. The third-order valence-electron chi connectivity index (χ3n) is 2.55. The van der Waals surface area contributed by atoms with E-state index in [1.807, 2.05) is 0 Å². The van der Waals surface area contributed by atoms with Gasteiger partial charge in [-0.05, 0) is 29.0 Å². The van der Waals surface area contributed by atoms with Crippen molar-refractivity contribution in [1.82, 2.24) is 0 Å². The Morgan fingerprint density at radius 3 is 2.47 bits per heavy atom. The average Bonchev–Trinajstić information content (AvgIpc) is 2.36. The number of hydrogen-bond acceptors (Lipinski definition) is 1. The molecule has 2 heteroatoms. The molecular formula is C15H8O2. The van der Waals surface area contributed by atoms with Crippen LogP contribution >= 0.6 is 0 Å². The Hall–Kier alpha value is -2.71. The number of terminal acetylenes is 2. The number of aromatic carboxylic acids is 1. The van der Waals surface area contributed by atoms with Gasteiger partial charge in [0.15, 0.2) is 0 Å². The molecule has 2 rings (SSSR count). The van der Waals surface area contributed by atoms with E-state index in [0.29, 0.717) is 21.9 Å². The molecule has 0 bridgehead atoms. The standard InChI is InChI=1S/C15H8O2/c1-3-10-8-13-11(4-2)6-5-7-12(13)14(9-10)15(16)17/h1-2,5-9H,(H,16,17). The zero-order valence-electron chi connectivity index (χ0n) is 8.90. The topological polar surface area (TPSA) is 37.3 Å². The molecule has 80 valence electrons. The Morgan fingerprint density at radius 1 is 1.12 bits per heavy atom. The van der Waals surface area contributed by atoms with Crippen LogP contribution in [0.4, 0.5) is 0 Å². The largest absolute Gasteiger partial charge is 0.478 e.